The number of halogens is 3. The Morgan fingerprint density at radius 1 is 1.37 bits per heavy atom. The Morgan fingerprint density at radius 2 is 2.05 bits per heavy atom. The van der Waals surface area contributed by atoms with Crippen LogP contribution in [-0.4, -0.2) is 37.7 Å². The van der Waals surface area contributed by atoms with E-state index in [2.05, 4.69) is 4.74 Å². The SMILES string of the molecule is CN(C)CC1Cc2cc(OC(F)(F)F)ccc2C1=O. The fraction of sp³-hybridized carbons (Fsp3) is 0.462. The molecular formula is C13H14F3NO2. The number of fused-ring (bicyclic) bond motifs is 1. The number of ether oxygens (including phenoxy) is 1. The van der Waals surface area contributed by atoms with E-state index < -0.39 is 6.36 Å². The van der Waals surface area contributed by atoms with Gasteiger partial charge < -0.3 is 9.64 Å². The smallest absolute Gasteiger partial charge is 0.406 e. The van der Waals surface area contributed by atoms with E-state index >= 15 is 0 Å². The molecule has 0 fully saturated rings. The molecular weight excluding hydrogens is 259 g/mol. The van der Waals surface area contributed by atoms with E-state index in [1.54, 1.807) is 0 Å². The van der Waals surface area contributed by atoms with Crippen LogP contribution in [-0.2, 0) is 6.42 Å². The summed E-state index contributed by atoms with van der Waals surface area (Å²) in [7, 11) is 3.71. The minimum absolute atomic E-state index is 0.0118. The van der Waals surface area contributed by atoms with Crippen molar-refractivity contribution < 1.29 is 22.7 Å². The third kappa shape index (κ3) is 3.26. The molecule has 104 valence electrons. The highest BCUT2D eigenvalue weighted by Crippen LogP contribution is 2.32. The van der Waals surface area contributed by atoms with E-state index in [9.17, 15) is 18.0 Å². The van der Waals surface area contributed by atoms with E-state index in [4.69, 9.17) is 0 Å². The van der Waals surface area contributed by atoms with Crippen molar-refractivity contribution in [1.29, 1.82) is 0 Å². The van der Waals surface area contributed by atoms with Crippen LogP contribution in [0.15, 0.2) is 18.2 Å². The number of hydrogen-bond acceptors (Lipinski definition) is 3. The van der Waals surface area contributed by atoms with Gasteiger partial charge in [0.1, 0.15) is 5.75 Å². The maximum absolute atomic E-state index is 12.1. The second kappa shape index (κ2) is 4.85. The van der Waals surface area contributed by atoms with Gasteiger partial charge in [-0.15, -0.1) is 13.2 Å². The highest BCUT2D eigenvalue weighted by Gasteiger charge is 2.34. The van der Waals surface area contributed by atoms with Crippen molar-refractivity contribution in [2.45, 2.75) is 12.8 Å². The molecule has 1 aliphatic rings. The third-order valence-corrected chi connectivity index (χ3v) is 3.00. The molecule has 0 N–H and O–H groups in total. The number of ketones is 1. The Kier molecular flexibility index (Phi) is 3.54. The number of nitrogens with zero attached hydrogens (tertiary/aromatic N) is 1. The van der Waals surface area contributed by atoms with Gasteiger partial charge in [0, 0.05) is 18.0 Å². The van der Waals surface area contributed by atoms with Crippen LogP contribution >= 0.6 is 0 Å². The molecule has 0 amide bonds. The summed E-state index contributed by atoms with van der Waals surface area (Å²) in [5.41, 5.74) is 1.12. The summed E-state index contributed by atoms with van der Waals surface area (Å²) >= 11 is 0. The number of rotatable bonds is 3. The van der Waals surface area contributed by atoms with Crippen molar-refractivity contribution in [1.82, 2.24) is 4.90 Å². The summed E-state index contributed by atoms with van der Waals surface area (Å²) in [5, 5.41) is 0. The first-order valence-corrected chi connectivity index (χ1v) is 5.84. The van der Waals surface area contributed by atoms with Gasteiger partial charge in [0.05, 0.1) is 0 Å². The largest absolute Gasteiger partial charge is 0.573 e. The van der Waals surface area contributed by atoms with E-state index in [0.29, 0.717) is 24.1 Å². The topological polar surface area (TPSA) is 29.5 Å². The molecule has 0 saturated heterocycles. The standard InChI is InChI=1S/C13H14F3NO2/c1-17(2)7-9-5-8-6-10(19-13(14,15)16)3-4-11(8)12(9)18/h3-4,6,9H,5,7H2,1-2H3. The average molecular weight is 273 g/mol. The number of carbonyl (C=O) groups excluding carboxylic acids is 1. The average Bonchev–Trinajstić information content (AvgIpc) is 2.52. The minimum atomic E-state index is -4.71. The van der Waals surface area contributed by atoms with E-state index in [-0.39, 0.29) is 17.5 Å². The number of hydrogen-bond donors (Lipinski definition) is 0. The molecule has 1 atom stereocenters. The predicted molar refractivity (Wildman–Crippen MR) is 63.2 cm³/mol. The molecule has 1 aromatic carbocycles. The number of benzene rings is 1. The molecule has 6 heteroatoms. The Hall–Kier alpha value is -1.56. The number of carbonyl (C=O) groups is 1. The fourth-order valence-electron chi connectivity index (χ4n) is 2.34. The second-order valence-electron chi connectivity index (χ2n) is 4.89. The van der Waals surface area contributed by atoms with Crippen LogP contribution in [0.2, 0.25) is 0 Å². The summed E-state index contributed by atoms with van der Waals surface area (Å²) in [6, 6.07) is 3.90. The van der Waals surface area contributed by atoms with E-state index in [1.807, 2.05) is 19.0 Å². The van der Waals surface area contributed by atoms with Crippen molar-refractivity contribution in [2.75, 3.05) is 20.6 Å². The van der Waals surface area contributed by atoms with E-state index in [0.717, 1.165) is 0 Å². The predicted octanol–water partition coefficient (Wildman–Crippen LogP) is 2.50. The van der Waals surface area contributed by atoms with Gasteiger partial charge in [-0.2, -0.15) is 0 Å². The Morgan fingerprint density at radius 3 is 2.63 bits per heavy atom. The summed E-state index contributed by atoms with van der Waals surface area (Å²) in [6.07, 6.45) is -4.25. The van der Waals surface area contributed by atoms with E-state index in [1.165, 1.54) is 18.2 Å². The van der Waals surface area contributed by atoms with Crippen LogP contribution in [0.3, 0.4) is 0 Å². The molecule has 1 aliphatic carbocycles. The maximum atomic E-state index is 12.1. The lowest BCUT2D eigenvalue weighted by Crippen LogP contribution is -2.25. The van der Waals surface area contributed by atoms with Gasteiger partial charge in [0.25, 0.3) is 0 Å². The highest BCUT2D eigenvalue weighted by molar-refractivity contribution is 6.02. The molecule has 0 aromatic heterocycles. The first kappa shape index (κ1) is 13.9. The number of alkyl halides is 3. The quantitative estimate of drug-likeness (QED) is 0.847. The molecule has 2 rings (SSSR count). The molecule has 1 unspecified atom stereocenters. The summed E-state index contributed by atoms with van der Waals surface area (Å²) in [6.45, 7) is 0.586. The van der Waals surface area contributed by atoms with Crippen LogP contribution in [0.4, 0.5) is 13.2 Å². The molecule has 19 heavy (non-hydrogen) atoms. The third-order valence-electron chi connectivity index (χ3n) is 3.00. The molecule has 1 aromatic rings. The van der Waals surface area contributed by atoms with Gasteiger partial charge in [-0.1, -0.05) is 0 Å². The van der Waals surface area contributed by atoms with Gasteiger partial charge in [0.15, 0.2) is 5.78 Å². The summed E-state index contributed by atoms with van der Waals surface area (Å²) < 4.78 is 40.2. The van der Waals surface area contributed by atoms with Crippen LogP contribution in [0, 0.1) is 5.92 Å². The first-order valence-electron chi connectivity index (χ1n) is 5.84. The maximum Gasteiger partial charge on any atom is 0.573 e. The number of Topliss-reactive ketones (excluding diaryl/α,β-unsaturated/α-hetero) is 1. The Balaban J connectivity index is 2.19. The monoisotopic (exact) mass is 273 g/mol. The van der Waals surface area contributed by atoms with Crippen LogP contribution in [0.1, 0.15) is 15.9 Å². The molecule has 0 aliphatic heterocycles. The lowest BCUT2D eigenvalue weighted by Gasteiger charge is -2.13. The molecule has 0 heterocycles. The normalized spacial score (nSPS) is 18.8. The molecule has 3 nitrogen and oxygen atoms in total. The highest BCUT2D eigenvalue weighted by atomic mass is 19.4. The van der Waals surface area contributed by atoms with Gasteiger partial charge in [-0.3, -0.25) is 4.79 Å². The zero-order chi connectivity index (χ0) is 14.2. The zero-order valence-corrected chi connectivity index (χ0v) is 10.6. The van der Waals surface area contributed by atoms with Crippen molar-refractivity contribution in [3.8, 4) is 5.75 Å². The Bertz CT molecular complexity index is 497. The Labute approximate surface area is 109 Å². The summed E-state index contributed by atoms with van der Waals surface area (Å²) in [4.78, 5) is 13.9. The first-order chi connectivity index (χ1) is 8.76. The van der Waals surface area contributed by atoms with Crippen LogP contribution in [0.5, 0.6) is 5.75 Å². The van der Waals surface area contributed by atoms with Gasteiger partial charge >= 0.3 is 6.36 Å². The van der Waals surface area contributed by atoms with Gasteiger partial charge in [0.2, 0.25) is 0 Å². The zero-order valence-electron chi connectivity index (χ0n) is 10.6. The van der Waals surface area contributed by atoms with Crippen molar-refractivity contribution >= 4 is 5.78 Å². The van der Waals surface area contributed by atoms with Crippen LogP contribution in [0.25, 0.3) is 0 Å². The molecule has 0 bridgehead atoms. The van der Waals surface area contributed by atoms with Crippen molar-refractivity contribution in [2.24, 2.45) is 5.92 Å². The fourth-order valence-corrected chi connectivity index (χ4v) is 2.34. The lowest BCUT2D eigenvalue weighted by atomic mass is 10.1. The van der Waals surface area contributed by atoms with Crippen LogP contribution < -0.4 is 4.74 Å². The molecule has 0 saturated carbocycles. The second-order valence-corrected chi connectivity index (χ2v) is 4.89. The van der Waals surface area contributed by atoms with Gasteiger partial charge in [-0.05, 0) is 44.3 Å². The van der Waals surface area contributed by atoms with Gasteiger partial charge in [-0.25, -0.2) is 0 Å². The molecule has 0 spiro atoms. The molecule has 0 radical (unpaired) electrons. The minimum Gasteiger partial charge on any atom is -0.406 e. The summed E-state index contributed by atoms with van der Waals surface area (Å²) in [5.74, 6) is -0.474. The lowest BCUT2D eigenvalue weighted by molar-refractivity contribution is -0.274. The van der Waals surface area contributed by atoms with Crippen molar-refractivity contribution in [3.63, 3.8) is 0 Å². The van der Waals surface area contributed by atoms with Crippen molar-refractivity contribution in [3.05, 3.63) is 29.3 Å².